The number of aliphatic hydroxyl groups is 1. The van der Waals surface area contributed by atoms with Gasteiger partial charge in [0.1, 0.15) is 11.6 Å². The van der Waals surface area contributed by atoms with E-state index in [4.69, 9.17) is 4.74 Å². The monoisotopic (exact) mass is 376 g/mol. The van der Waals surface area contributed by atoms with Gasteiger partial charge in [-0.25, -0.2) is 13.6 Å². The number of rotatable bonds is 6. The summed E-state index contributed by atoms with van der Waals surface area (Å²) in [4.78, 5) is 12.3. The third-order valence-electron chi connectivity index (χ3n) is 4.56. The number of halogens is 2. The first-order valence-corrected chi connectivity index (χ1v) is 8.88. The van der Waals surface area contributed by atoms with Gasteiger partial charge in [-0.2, -0.15) is 0 Å². The highest BCUT2D eigenvalue weighted by Gasteiger charge is 2.29. The zero-order valence-corrected chi connectivity index (χ0v) is 14.7. The Morgan fingerprint density at radius 1 is 1.07 bits per heavy atom. The van der Waals surface area contributed by atoms with E-state index in [1.54, 1.807) is 12.1 Å². The predicted octanol–water partition coefficient (Wildman–Crippen LogP) is 3.22. The van der Waals surface area contributed by atoms with Crippen LogP contribution < -0.4 is 10.6 Å². The minimum atomic E-state index is -0.955. The molecule has 1 aliphatic rings. The smallest absolute Gasteiger partial charge is 0.315 e. The number of urea groups is 1. The lowest BCUT2D eigenvalue weighted by Crippen LogP contribution is -2.43. The molecule has 0 aliphatic carbocycles. The average molecular weight is 376 g/mol. The summed E-state index contributed by atoms with van der Waals surface area (Å²) >= 11 is 0. The molecule has 27 heavy (non-hydrogen) atoms. The maximum atomic E-state index is 13.2. The van der Waals surface area contributed by atoms with Crippen molar-refractivity contribution in [2.24, 2.45) is 0 Å². The van der Waals surface area contributed by atoms with Gasteiger partial charge in [0.15, 0.2) is 0 Å². The van der Waals surface area contributed by atoms with Crippen LogP contribution in [0.1, 0.15) is 36.1 Å². The Hall–Kier alpha value is -2.51. The SMILES string of the molecule is O=C(NCC(O)c1ccc(F)cc1)NC(c1ccc(F)cc1)C1CCCO1. The second kappa shape index (κ2) is 8.92. The quantitative estimate of drug-likeness (QED) is 0.725. The molecule has 0 radical (unpaired) electrons. The van der Waals surface area contributed by atoms with Crippen molar-refractivity contribution in [1.29, 1.82) is 0 Å². The molecule has 2 amide bonds. The molecule has 7 heteroatoms. The number of aliphatic hydroxyl groups excluding tert-OH is 1. The Bertz CT molecular complexity index is 747. The van der Waals surface area contributed by atoms with Crippen molar-refractivity contribution in [2.45, 2.75) is 31.1 Å². The van der Waals surface area contributed by atoms with Crippen LogP contribution in [0.5, 0.6) is 0 Å². The molecular formula is C20H22F2N2O3. The molecule has 3 unspecified atom stereocenters. The summed E-state index contributed by atoms with van der Waals surface area (Å²) < 4.78 is 31.8. The molecule has 1 fully saturated rings. The van der Waals surface area contributed by atoms with Gasteiger partial charge in [-0.1, -0.05) is 24.3 Å². The molecule has 1 heterocycles. The third-order valence-corrected chi connectivity index (χ3v) is 4.56. The largest absolute Gasteiger partial charge is 0.387 e. The number of carbonyl (C=O) groups is 1. The number of amides is 2. The summed E-state index contributed by atoms with van der Waals surface area (Å²) in [7, 11) is 0. The van der Waals surface area contributed by atoms with Gasteiger partial charge in [-0.05, 0) is 48.2 Å². The molecule has 0 spiro atoms. The summed E-state index contributed by atoms with van der Waals surface area (Å²) in [5, 5.41) is 15.6. The van der Waals surface area contributed by atoms with Gasteiger partial charge < -0.3 is 20.5 Å². The summed E-state index contributed by atoms with van der Waals surface area (Å²) in [6, 6.07) is 10.5. The third kappa shape index (κ3) is 5.24. The number of benzene rings is 2. The molecule has 5 nitrogen and oxygen atoms in total. The van der Waals surface area contributed by atoms with Crippen LogP contribution in [0.25, 0.3) is 0 Å². The molecule has 3 atom stereocenters. The average Bonchev–Trinajstić information content (AvgIpc) is 3.20. The van der Waals surface area contributed by atoms with E-state index in [9.17, 15) is 18.7 Å². The van der Waals surface area contributed by atoms with Gasteiger partial charge in [0.2, 0.25) is 0 Å². The summed E-state index contributed by atoms with van der Waals surface area (Å²) in [6.07, 6.45) is 0.543. The zero-order chi connectivity index (χ0) is 19.2. The number of ether oxygens (including phenoxy) is 1. The lowest BCUT2D eigenvalue weighted by Gasteiger charge is -2.25. The molecule has 2 aromatic carbocycles. The summed E-state index contributed by atoms with van der Waals surface area (Å²) in [6.45, 7) is 0.591. The van der Waals surface area contributed by atoms with Crippen LogP contribution in [0.3, 0.4) is 0 Å². The molecule has 144 valence electrons. The second-order valence-corrected chi connectivity index (χ2v) is 6.50. The fourth-order valence-electron chi connectivity index (χ4n) is 3.11. The predicted molar refractivity (Wildman–Crippen MR) is 96.0 cm³/mol. The van der Waals surface area contributed by atoms with Gasteiger partial charge in [-0.3, -0.25) is 0 Å². The number of hydrogen-bond acceptors (Lipinski definition) is 3. The Labute approximate surface area is 156 Å². The van der Waals surface area contributed by atoms with Crippen LogP contribution >= 0.6 is 0 Å². The van der Waals surface area contributed by atoms with Crippen molar-refractivity contribution in [2.75, 3.05) is 13.2 Å². The molecular weight excluding hydrogens is 354 g/mol. The normalized spacial score (nSPS) is 18.7. The van der Waals surface area contributed by atoms with Crippen molar-refractivity contribution in [3.05, 3.63) is 71.3 Å². The Morgan fingerprint density at radius 2 is 1.67 bits per heavy atom. The van der Waals surface area contributed by atoms with Gasteiger partial charge in [0.25, 0.3) is 0 Å². The maximum absolute atomic E-state index is 13.2. The highest BCUT2D eigenvalue weighted by Crippen LogP contribution is 2.27. The van der Waals surface area contributed by atoms with E-state index >= 15 is 0 Å². The van der Waals surface area contributed by atoms with Crippen LogP contribution in [0.2, 0.25) is 0 Å². The first-order valence-electron chi connectivity index (χ1n) is 8.88. The summed E-state index contributed by atoms with van der Waals surface area (Å²) in [5.41, 5.74) is 1.25. The topological polar surface area (TPSA) is 70.6 Å². The van der Waals surface area contributed by atoms with E-state index < -0.39 is 24.0 Å². The fraction of sp³-hybridized carbons (Fsp3) is 0.350. The van der Waals surface area contributed by atoms with Crippen LogP contribution in [0, 0.1) is 11.6 Å². The van der Waals surface area contributed by atoms with Gasteiger partial charge in [0.05, 0.1) is 18.2 Å². The lowest BCUT2D eigenvalue weighted by atomic mass is 9.99. The van der Waals surface area contributed by atoms with E-state index in [-0.39, 0.29) is 18.5 Å². The minimum Gasteiger partial charge on any atom is -0.387 e. The Kier molecular flexibility index (Phi) is 6.36. The molecule has 2 aromatic rings. The maximum Gasteiger partial charge on any atom is 0.315 e. The van der Waals surface area contributed by atoms with E-state index in [0.717, 1.165) is 18.4 Å². The van der Waals surface area contributed by atoms with Crippen molar-refractivity contribution < 1.29 is 23.4 Å². The summed E-state index contributed by atoms with van der Waals surface area (Å²) in [5.74, 6) is -0.743. The number of carbonyl (C=O) groups excluding carboxylic acids is 1. The van der Waals surface area contributed by atoms with E-state index in [2.05, 4.69) is 10.6 Å². The number of nitrogens with one attached hydrogen (secondary N) is 2. The molecule has 1 aliphatic heterocycles. The molecule has 3 rings (SSSR count). The van der Waals surface area contributed by atoms with Crippen LogP contribution in [-0.4, -0.2) is 30.4 Å². The van der Waals surface area contributed by atoms with Crippen LogP contribution in [0.15, 0.2) is 48.5 Å². The first-order chi connectivity index (χ1) is 13.0. The molecule has 0 bridgehead atoms. The van der Waals surface area contributed by atoms with Crippen molar-refractivity contribution >= 4 is 6.03 Å². The Balaban J connectivity index is 1.60. The van der Waals surface area contributed by atoms with E-state index in [1.165, 1.54) is 36.4 Å². The van der Waals surface area contributed by atoms with Crippen molar-refractivity contribution in [3.8, 4) is 0 Å². The standard InChI is InChI=1S/C20H22F2N2O3/c21-15-7-3-13(4-8-15)17(25)12-23-20(26)24-19(18-2-1-11-27-18)14-5-9-16(22)10-6-14/h3-10,17-19,25H,1-2,11-12H2,(H2,23,24,26). The first kappa shape index (κ1) is 19.3. The second-order valence-electron chi connectivity index (χ2n) is 6.50. The number of hydrogen-bond donors (Lipinski definition) is 3. The van der Waals surface area contributed by atoms with Crippen LogP contribution in [0.4, 0.5) is 13.6 Å². The highest BCUT2D eigenvalue weighted by molar-refractivity contribution is 5.74. The fourth-order valence-corrected chi connectivity index (χ4v) is 3.11. The van der Waals surface area contributed by atoms with Crippen molar-refractivity contribution in [3.63, 3.8) is 0 Å². The molecule has 0 saturated carbocycles. The lowest BCUT2D eigenvalue weighted by molar-refractivity contribution is 0.0804. The van der Waals surface area contributed by atoms with Gasteiger partial charge in [0, 0.05) is 13.2 Å². The molecule has 0 aromatic heterocycles. The van der Waals surface area contributed by atoms with E-state index in [0.29, 0.717) is 12.2 Å². The van der Waals surface area contributed by atoms with E-state index in [1.807, 2.05) is 0 Å². The van der Waals surface area contributed by atoms with Crippen molar-refractivity contribution in [1.82, 2.24) is 10.6 Å². The Morgan fingerprint density at radius 3 is 2.22 bits per heavy atom. The van der Waals surface area contributed by atoms with Gasteiger partial charge >= 0.3 is 6.03 Å². The highest BCUT2D eigenvalue weighted by atomic mass is 19.1. The molecule has 1 saturated heterocycles. The van der Waals surface area contributed by atoms with Gasteiger partial charge in [-0.15, -0.1) is 0 Å². The minimum absolute atomic E-state index is 0.0286. The van der Waals surface area contributed by atoms with Crippen LogP contribution in [-0.2, 0) is 4.74 Å². The molecule has 3 N–H and O–H groups in total. The zero-order valence-electron chi connectivity index (χ0n) is 14.7.